The predicted octanol–water partition coefficient (Wildman–Crippen LogP) is 8.49. The molecule has 4 aliphatic rings. The van der Waals surface area contributed by atoms with Gasteiger partial charge in [-0.2, -0.15) is 0 Å². The van der Waals surface area contributed by atoms with Crippen LogP contribution in [-0.2, 0) is 4.79 Å². The van der Waals surface area contributed by atoms with Crippen molar-refractivity contribution in [3.63, 3.8) is 0 Å². The smallest absolute Gasteiger partial charge is 0.317 e. The quantitative estimate of drug-likeness (QED) is 0.277. The number of carbonyl (C=O) groups is 1. The monoisotopic (exact) mass is 506 g/mol. The van der Waals surface area contributed by atoms with Crippen LogP contribution in [0.2, 0.25) is 0 Å². The standard InChI is InChI=1S/C29H47BrO2/c1-18(2)7-6-8-19(3)23-11-12-24-22-10-9-21-17-20(26(30)27(31)32)13-15-28(21,4)25(22)14-16-29(23,24)5/h9,18-20,22-26H,6-8,10-17H2,1-5H3,(H,31,32)/t19-,20+,22+,23-,24+,25+,26?,28+,29-/m1/s1. The molecule has 3 heteroatoms. The molecule has 0 radical (unpaired) electrons. The van der Waals surface area contributed by atoms with E-state index >= 15 is 0 Å². The fraction of sp³-hybridized carbons (Fsp3) is 0.897. The lowest BCUT2D eigenvalue weighted by Crippen LogP contribution is -2.51. The number of halogens is 1. The Bertz CT molecular complexity index is 729. The summed E-state index contributed by atoms with van der Waals surface area (Å²) in [5.41, 5.74) is 2.45. The van der Waals surface area contributed by atoms with Gasteiger partial charge >= 0.3 is 5.97 Å². The van der Waals surface area contributed by atoms with E-state index in [9.17, 15) is 9.90 Å². The van der Waals surface area contributed by atoms with Crippen molar-refractivity contribution in [3.05, 3.63) is 11.6 Å². The van der Waals surface area contributed by atoms with Gasteiger partial charge in [0.15, 0.2) is 0 Å². The predicted molar refractivity (Wildman–Crippen MR) is 137 cm³/mol. The highest BCUT2D eigenvalue weighted by Gasteiger charge is 2.59. The molecule has 0 amide bonds. The van der Waals surface area contributed by atoms with E-state index in [1.807, 2.05) is 0 Å². The van der Waals surface area contributed by atoms with E-state index in [0.29, 0.717) is 10.8 Å². The van der Waals surface area contributed by atoms with Gasteiger partial charge in [-0.15, -0.1) is 0 Å². The average Bonchev–Trinajstić information content (AvgIpc) is 3.09. The number of fused-ring (bicyclic) bond motifs is 5. The van der Waals surface area contributed by atoms with Gasteiger partial charge < -0.3 is 5.11 Å². The Labute approximate surface area is 205 Å². The molecule has 0 bridgehead atoms. The van der Waals surface area contributed by atoms with Crippen LogP contribution >= 0.6 is 15.9 Å². The molecule has 1 unspecified atom stereocenters. The number of allylic oxidation sites excluding steroid dienone is 2. The Morgan fingerprint density at radius 3 is 2.53 bits per heavy atom. The Kier molecular flexibility index (Phi) is 7.27. The number of hydrogen-bond acceptors (Lipinski definition) is 1. The first-order valence-electron chi connectivity index (χ1n) is 13.6. The molecule has 0 spiro atoms. The van der Waals surface area contributed by atoms with Gasteiger partial charge in [-0.25, -0.2) is 0 Å². The van der Waals surface area contributed by atoms with Crippen molar-refractivity contribution in [2.45, 2.75) is 110 Å². The fourth-order valence-corrected chi connectivity index (χ4v) is 9.62. The number of carboxylic acids is 1. The van der Waals surface area contributed by atoms with E-state index in [-0.39, 0.29) is 5.92 Å². The minimum atomic E-state index is -0.694. The third kappa shape index (κ3) is 4.27. The molecule has 2 nitrogen and oxygen atoms in total. The van der Waals surface area contributed by atoms with Gasteiger partial charge in [-0.1, -0.05) is 81.5 Å². The Balaban J connectivity index is 1.48. The summed E-state index contributed by atoms with van der Waals surface area (Å²) in [7, 11) is 0. The molecule has 4 aliphatic carbocycles. The largest absolute Gasteiger partial charge is 0.480 e. The summed E-state index contributed by atoms with van der Waals surface area (Å²) in [6.07, 6.45) is 17.0. The third-order valence-electron chi connectivity index (χ3n) is 11.0. The first-order chi connectivity index (χ1) is 15.1. The SMILES string of the molecule is CC(C)CCC[C@@H](C)[C@H]1CC[C@H]2[C@@H]3CC=C4C[C@@H](C(Br)C(=O)O)CC[C@]4(C)[C@H]3CC[C@]12C. The van der Waals surface area contributed by atoms with E-state index in [1.54, 1.807) is 5.57 Å². The summed E-state index contributed by atoms with van der Waals surface area (Å²) in [5.74, 6) is 4.74. The van der Waals surface area contributed by atoms with E-state index < -0.39 is 10.8 Å². The van der Waals surface area contributed by atoms with Crippen LogP contribution in [0.4, 0.5) is 0 Å². The van der Waals surface area contributed by atoms with Gasteiger partial charge in [0.2, 0.25) is 0 Å². The van der Waals surface area contributed by atoms with Gasteiger partial charge in [0, 0.05) is 0 Å². The molecule has 0 aromatic rings. The van der Waals surface area contributed by atoms with E-state index in [0.717, 1.165) is 48.3 Å². The summed E-state index contributed by atoms with van der Waals surface area (Å²) in [6.45, 7) is 12.5. The minimum absolute atomic E-state index is 0.250. The number of carboxylic acid groups (broad SMARTS) is 1. The van der Waals surface area contributed by atoms with Crippen LogP contribution in [0, 0.1) is 52.3 Å². The zero-order chi connectivity index (χ0) is 23.3. The van der Waals surface area contributed by atoms with Crippen LogP contribution < -0.4 is 0 Å². The molecular weight excluding hydrogens is 460 g/mol. The highest BCUT2D eigenvalue weighted by Crippen LogP contribution is 2.67. The van der Waals surface area contributed by atoms with E-state index in [1.165, 1.54) is 57.8 Å². The van der Waals surface area contributed by atoms with Crippen molar-refractivity contribution in [1.82, 2.24) is 0 Å². The number of aliphatic carboxylic acids is 1. The molecule has 182 valence electrons. The molecular formula is C29H47BrO2. The molecule has 9 atom stereocenters. The summed E-state index contributed by atoms with van der Waals surface area (Å²) in [4.78, 5) is 11.1. The maximum absolute atomic E-state index is 11.5. The van der Waals surface area contributed by atoms with Crippen LogP contribution in [0.3, 0.4) is 0 Å². The van der Waals surface area contributed by atoms with Crippen LogP contribution in [0.5, 0.6) is 0 Å². The molecule has 0 saturated heterocycles. The van der Waals surface area contributed by atoms with Gasteiger partial charge in [-0.3, -0.25) is 4.79 Å². The van der Waals surface area contributed by atoms with Crippen LogP contribution in [0.1, 0.15) is 105 Å². The van der Waals surface area contributed by atoms with Gasteiger partial charge in [-0.05, 0) is 104 Å². The lowest BCUT2D eigenvalue weighted by Gasteiger charge is -2.58. The van der Waals surface area contributed by atoms with Crippen molar-refractivity contribution in [2.24, 2.45) is 52.3 Å². The molecule has 0 aromatic carbocycles. The topological polar surface area (TPSA) is 37.3 Å². The number of rotatable bonds is 7. The molecule has 4 rings (SSSR count). The molecule has 3 saturated carbocycles. The lowest BCUT2D eigenvalue weighted by molar-refractivity contribution is -0.137. The van der Waals surface area contributed by atoms with Crippen molar-refractivity contribution >= 4 is 21.9 Å². The van der Waals surface area contributed by atoms with E-state index in [2.05, 4.69) is 56.6 Å². The van der Waals surface area contributed by atoms with Gasteiger partial charge in [0.1, 0.15) is 4.83 Å². The first kappa shape index (κ1) is 24.8. The maximum Gasteiger partial charge on any atom is 0.317 e. The summed E-state index contributed by atoms with van der Waals surface area (Å²) < 4.78 is 0. The second kappa shape index (κ2) is 9.38. The highest BCUT2D eigenvalue weighted by molar-refractivity contribution is 9.10. The molecule has 3 fully saturated rings. The summed E-state index contributed by atoms with van der Waals surface area (Å²) in [5, 5.41) is 9.50. The minimum Gasteiger partial charge on any atom is -0.480 e. The maximum atomic E-state index is 11.5. The molecule has 0 heterocycles. The van der Waals surface area contributed by atoms with Crippen LogP contribution in [0.15, 0.2) is 11.6 Å². The zero-order valence-electron chi connectivity index (χ0n) is 21.2. The van der Waals surface area contributed by atoms with Gasteiger partial charge in [0.25, 0.3) is 0 Å². The fourth-order valence-electron chi connectivity index (χ4n) is 9.17. The van der Waals surface area contributed by atoms with Crippen molar-refractivity contribution in [3.8, 4) is 0 Å². The zero-order valence-corrected chi connectivity index (χ0v) is 22.8. The average molecular weight is 508 g/mol. The molecule has 1 N–H and O–H groups in total. The molecule has 32 heavy (non-hydrogen) atoms. The van der Waals surface area contributed by atoms with E-state index in [4.69, 9.17) is 0 Å². The van der Waals surface area contributed by atoms with Crippen LogP contribution in [0.25, 0.3) is 0 Å². The Hall–Kier alpha value is -0.310. The third-order valence-corrected chi connectivity index (χ3v) is 12.1. The number of alkyl halides is 1. The van der Waals surface area contributed by atoms with Crippen molar-refractivity contribution in [2.75, 3.05) is 0 Å². The lowest BCUT2D eigenvalue weighted by atomic mass is 9.46. The van der Waals surface area contributed by atoms with Crippen molar-refractivity contribution in [1.29, 1.82) is 0 Å². The molecule has 0 aliphatic heterocycles. The Morgan fingerprint density at radius 1 is 1.09 bits per heavy atom. The van der Waals surface area contributed by atoms with Gasteiger partial charge in [0.05, 0.1) is 0 Å². The normalized spacial score (nSPS) is 43.1. The highest BCUT2D eigenvalue weighted by atomic mass is 79.9. The second-order valence-electron chi connectivity index (χ2n) is 13.0. The summed E-state index contributed by atoms with van der Waals surface area (Å²) >= 11 is 3.47. The second-order valence-corrected chi connectivity index (χ2v) is 14.0. The number of hydrogen-bond donors (Lipinski definition) is 1. The summed E-state index contributed by atoms with van der Waals surface area (Å²) in [6, 6.07) is 0. The van der Waals surface area contributed by atoms with Crippen molar-refractivity contribution < 1.29 is 9.90 Å². The van der Waals surface area contributed by atoms with Crippen LogP contribution in [-0.4, -0.2) is 15.9 Å². The Morgan fingerprint density at radius 2 is 1.84 bits per heavy atom. The first-order valence-corrected chi connectivity index (χ1v) is 14.6. The molecule has 0 aromatic heterocycles.